The first-order chi connectivity index (χ1) is 15.3. The number of nitrogens with two attached hydrogens (primary N) is 1. The molecule has 0 bridgehead atoms. The van der Waals surface area contributed by atoms with Crippen molar-refractivity contribution in [3.63, 3.8) is 0 Å². The van der Waals surface area contributed by atoms with E-state index in [1.54, 1.807) is 0 Å². The second kappa shape index (κ2) is 9.78. The number of tetrazole rings is 1. The summed E-state index contributed by atoms with van der Waals surface area (Å²) in [5, 5.41) is 13.8. The second-order valence-electron chi connectivity index (χ2n) is 6.03. The largest absolute Gasteiger partial charge is 0.493 e. The number of benzene rings is 2. The van der Waals surface area contributed by atoms with Crippen molar-refractivity contribution >= 4 is 35.6 Å². The van der Waals surface area contributed by atoms with E-state index in [1.807, 2.05) is 0 Å². The lowest BCUT2D eigenvalue weighted by molar-refractivity contribution is -0.121. The van der Waals surface area contributed by atoms with Gasteiger partial charge in [-0.1, -0.05) is 16.7 Å². The Morgan fingerprint density at radius 1 is 1.25 bits per heavy atom. The molecule has 3 rings (SSSR count). The van der Waals surface area contributed by atoms with Gasteiger partial charge in [-0.05, 0) is 46.3 Å². The molecule has 0 fully saturated rings. The third-order valence-corrected chi connectivity index (χ3v) is 4.19. The van der Waals surface area contributed by atoms with Gasteiger partial charge in [-0.3, -0.25) is 4.79 Å². The quantitative estimate of drug-likeness (QED) is 0.176. The third-order valence-electron chi connectivity index (χ3n) is 3.88. The van der Waals surface area contributed by atoms with Crippen molar-refractivity contribution in [2.75, 3.05) is 12.8 Å². The van der Waals surface area contributed by atoms with E-state index in [0.29, 0.717) is 17.7 Å². The monoisotopic (exact) mass is 465 g/mol. The number of nitrogens with zero attached hydrogens (tertiary/aromatic N) is 5. The number of halogens is 3. The van der Waals surface area contributed by atoms with Crippen molar-refractivity contribution < 1.29 is 27.8 Å². The molecule has 0 saturated carbocycles. The SMILES string of the molecule is COc1cc(C=NNC(=O)Cn2nnnc2N)ccc1OC(=O)c1cc(F)c(F)cc1Cl. The van der Waals surface area contributed by atoms with Crippen molar-refractivity contribution in [3.05, 3.63) is 58.1 Å². The first-order valence-corrected chi connectivity index (χ1v) is 9.04. The summed E-state index contributed by atoms with van der Waals surface area (Å²) >= 11 is 5.79. The Morgan fingerprint density at radius 3 is 2.69 bits per heavy atom. The number of carbonyl (C=O) groups excluding carboxylic acids is 2. The van der Waals surface area contributed by atoms with Crippen LogP contribution in [0, 0.1) is 11.6 Å². The summed E-state index contributed by atoms with van der Waals surface area (Å²) in [6, 6.07) is 5.67. The lowest BCUT2D eigenvalue weighted by Crippen LogP contribution is -2.24. The van der Waals surface area contributed by atoms with E-state index in [-0.39, 0.29) is 34.6 Å². The number of rotatable bonds is 7. The number of hydrogen-bond acceptors (Lipinski definition) is 9. The Kier molecular flexibility index (Phi) is 6.90. The van der Waals surface area contributed by atoms with Crippen LogP contribution in [-0.4, -0.2) is 45.4 Å². The minimum absolute atomic E-state index is 0.00589. The number of aromatic nitrogens is 4. The van der Waals surface area contributed by atoms with E-state index in [9.17, 15) is 18.4 Å². The molecule has 0 saturated heterocycles. The summed E-state index contributed by atoms with van der Waals surface area (Å²) < 4.78 is 38.1. The van der Waals surface area contributed by atoms with Crippen LogP contribution in [-0.2, 0) is 11.3 Å². The van der Waals surface area contributed by atoms with Gasteiger partial charge in [-0.25, -0.2) is 23.7 Å². The van der Waals surface area contributed by atoms with Crippen molar-refractivity contribution in [3.8, 4) is 11.5 Å². The summed E-state index contributed by atoms with van der Waals surface area (Å²) in [5.41, 5.74) is 7.86. The van der Waals surface area contributed by atoms with E-state index >= 15 is 0 Å². The molecule has 166 valence electrons. The Balaban J connectivity index is 1.67. The summed E-state index contributed by atoms with van der Waals surface area (Å²) in [7, 11) is 1.33. The van der Waals surface area contributed by atoms with Crippen LogP contribution in [0.1, 0.15) is 15.9 Å². The first-order valence-electron chi connectivity index (χ1n) is 8.66. The molecular formula is C18H14ClF2N7O4. The van der Waals surface area contributed by atoms with Crippen LogP contribution >= 0.6 is 11.6 Å². The van der Waals surface area contributed by atoms with E-state index in [1.165, 1.54) is 31.5 Å². The molecule has 0 atom stereocenters. The normalized spacial score (nSPS) is 10.9. The summed E-state index contributed by atoms with van der Waals surface area (Å²) in [6.07, 6.45) is 1.31. The molecule has 0 aliphatic heterocycles. The second-order valence-corrected chi connectivity index (χ2v) is 6.44. The Labute approximate surface area is 183 Å². The Bertz CT molecular complexity index is 1200. The average Bonchev–Trinajstić information content (AvgIpc) is 3.15. The van der Waals surface area contributed by atoms with E-state index < -0.39 is 23.5 Å². The highest BCUT2D eigenvalue weighted by Crippen LogP contribution is 2.29. The number of hydrazone groups is 1. The predicted octanol–water partition coefficient (Wildman–Crippen LogP) is 1.56. The zero-order valence-electron chi connectivity index (χ0n) is 16.3. The standard InChI is InChI=1S/C18H14ClF2N7O4/c1-31-15-4-9(7-23-24-16(29)8-28-18(22)25-26-27-28)2-3-14(15)32-17(30)10-5-12(20)13(21)6-11(10)19/h2-7H,8H2,1H3,(H,24,29)(H2,22,25,27). The molecule has 3 aromatic rings. The molecule has 3 N–H and O–H groups in total. The Morgan fingerprint density at radius 2 is 2.00 bits per heavy atom. The maximum atomic E-state index is 13.4. The Hall–Kier alpha value is -4.13. The molecule has 0 aliphatic rings. The van der Waals surface area contributed by atoms with Gasteiger partial charge in [0.05, 0.1) is 23.9 Å². The minimum Gasteiger partial charge on any atom is -0.493 e. The van der Waals surface area contributed by atoms with Crippen LogP contribution in [0.5, 0.6) is 11.5 Å². The highest BCUT2D eigenvalue weighted by molar-refractivity contribution is 6.33. The van der Waals surface area contributed by atoms with Gasteiger partial charge < -0.3 is 15.2 Å². The third kappa shape index (κ3) is 5.31. The zero-order chi connectivity index (χ0) is 23.3. The smallest absolute Gasteiger partial charge is 0.345 e. The molecule has 0 aliphatic carbocycles. The van der Waals surface area contributed by atoms with E-state index in [2.05, 4.69) is 26.1 Å². The topological polar surface area (TPSA) is 147 Å². The maximum Gasteiger partial charge on any atom is 0.345 e. The minimum atomic E-state index is -1.25. The van der Waals surface area contributed by atoms with Gasteiger partial charge in [-0.2, -0.15) is 5.10 Å². The van der Waals surface area contributed by atoms with Gasteiger partial charge in [0.25, 0.3) is 5.91 Å². The molecule has 1 aromatic heterocycles. The predicted molar refractivity (Wildman–Crippen MR) is 107 cm³/mol. The fraction of sp³-hybridized carbons (Fsp3) is 0.111. The van der Waals surface area contributed by atoms with Gasteiger partial charge in [0.15, 0.2) is 23.1 Å². The van der Waals surface area contributed by atoms with Gasteiger partial charge in [0.2, 0.25) is 5.95 Å². The van der Waals surface area contributed by atoms with Crippen molar-refractivity contribution in [1.82, 2.24) is 25.6 Å². The summed E-state index contributed by atoms with van der Waals surface area (Å²) in [5.74, 6) is -3.87. The van der Waals surface area contributed by atoms with E-state index in [0.717, 1.165) is 4.68 Å². The maximum absolute atomic E-state index is 13.4. The fourth-order valence-corrected chi connectivity index (χ4v) is 2.58. The van der Waals surface area contributed by atoms with Gasteiger partial charge in [0.1, 0.15) is 6.54 Å². The molecule has 1 heterocycles. The molecule has 14 heteroatoms. The van der Waals surface area contributed by atoms with Crippen LogP contribution in [0.15, 0.2) is 35.4 Å². The van der Waals surface area contributed by atoms with Crippen molar-refractivity contribution in [2.45, 2.75) is 6.54 Å². The highest BCUT2D eigenvalue weighted by atomic mass is 35.5. The fourth-order valence-electron chi connectivity index (χ4n) is 2.36. The molecule has 2 aromatic carbocycles. The number of nitrogen functional groups attached to an aromatic ring is 1. The molecule has 0 radical (unpaired) electrons. The van der Waals surface area contributed by atoms with Crippen LogP contribution < -0.4 is 20.6 Å². The lowest BCUT2D eigenvalue weighted by Gasteiger charge is -2.11. The highest BCUT2D eigenvalue weighted by Gasteiger charge is 2.19. The number of nitrogens with one attached hydrogen (secondary N) is 1. The number of methoxy groups -OCH3 is 1. The van der Waals surface area contributed by atoms with Gasteiger partial charge >= 0.3 is 5.97 Å². The zero-order valence-corrected chi connectivity index (χ0v) is 17.0. The van der Waals surface area contributed by atoms with Crippen molar-refractivity contribution in [2.24, 2.45) is 5.10 Å². The molecular weight excluding hydrogens is 452 g/mol. The number of carbonyl (C=O) groups is 2. The molecule has 0 unspecified atom stereocenters. The number of ether oxygens (including phenoxy) is 2. The van der Waals surface area contributed by atoms with Gasteiger partial charge in [-0.15, -0.1) is 0 Å². The number of esters is 1. The summed E-state index contributed by atoms with van der Waals surface area (Å²) in [6.45, 7) is -0.235. The molecule has 1 amide bonds. The first kappa shape index (κ1) is 22.6. The molecule has 0 spiro atoms. The van der Waals surface area contributed by atoms with E-state index in [4.69, 9.17) is 26.8 Å². The number of anilines is 1. The van der Waals surface area contributed by atoms with Crippen LogP contribution in [0.4, 0.5) is 14.7 Å². The lowest BCUT2D eigenvalue weighted by atomic mass is 10.2. The van der Waals surface area contributed by atoms with Crippen molar-refractivity contribution in [1.29, 1.82) is 0 Å². The average molecular weight is 466 g/mol. The molecule has 11 nitrogen and oxygen atoms in total. The van der Waals surface area contributed by atoms with Crippen LogP contribution in [0.2, 0.25) is 5.02 Å². The number of amides is 1. The summed E-state index contributed by atoms with van der Waals surface area (Å²) in [4.78, 5) is 24.1. The van der Waals surface area contributed by atoms with Crippen LogP contribution in [0.25, 0.3) is 0 Å². The molecule has 32 heavy (non-hydrogen) atoms. The number of hydrogen-bond donors (Lipinski definition) is 2. The van der Waals surface area contributed by atoms with Crippen LogP contribution in [0.3, 0.4) is 0 Å². The van der Waals surface area contributed by atoms with Gasteiger partial charge in [0, 0.05) is 0 Å².